The van der Waals surface area contributed by atoms with Crippen molar-refractivity contribution in [2.45, 2.75) is 32.4 Å². The number of nitrogens with one attached hydrogen (secondary N) is 2. The molecule has 0 spiro atoms. The fourth-order valence-electron chi connectivity index (χ4n) is 3.03. The van der Waals surface area contributed by atoms with Crippen molar-refractivity contribution in [1.82, 2.24) is 10.3 Å². The van der Waals surface area contributed by atoms with Crippen LogP contribution >= 0.6 is 0 Å². The van der Waals surface area contributed by atoms with Crippen molar-refractivity contribution in [3.63, 3.8) is 0 Å². The highest BCUT2D eigenvalue weighted by Crippen LogP contribution is 2.33. The Morgan fingerprint density at radius 3 is 2.81 bits per heavy atom. The van der Waals surface area contributed by atoms with Gasteiger partial charge < -0.3 is 9.72 Å². The second-order valence-corrected chi connectivity index (χ2v) is 5.73. The van der Waals surface area contributed by atoms with Gasteiger partial charge in [-0.2, -0.15) is 0 Å². The van der Waals surface area contributed by atoms with Gasteiger partial charge in [-0.25, -0.2) is 0 Å². The maximum absolute atomic E-state index is 12.0. The number of methoxy groups -OCH3 is 1. The summed E-state index contributed by atoms with van der Waals surface area (Å²) in [6.45, 7) is 4.12. The molecule has 2 aromatic rings. The summed E-state index contributed by atoms with van der Waals surface area (Å²) in [5, 5.41) is 4.56. The highest BCUT2D eigenvalue weighted by Gasteiger charge is 2.32. The number of aromatic amines is 1. The molecule has 0 radical (unpaired) electrons. The number of hydrogen-bond donors (Lipinski definition) is 2. The average Bonchev–Trinajstić information content (AvgIpc) is 2.85. The SMILES string of the molecule is COC(=O)[C@@H]1Cc2c([nH]c3ccccc23)[C@@H](C=C(C)C)N1. The van der Waals surface area contributed by atoms with E-state index in [1.165, 1.54) is 23.6 Å². The van der Waals surface area contributed by atoms with Crippen LogP contribution in [0.5, 0.6) is 0 Å². The lowest BCUT2D eigenvalue weighted by molar-refractivity contribution is -0.143. The smallest absolute Gasteiger partial charge is 0.323 e. The van der Waals surface area contributed by atoms with E-state index in [9.17, 15) is 4.79 Å². The number of carbonyl (C=O) groups is 1. The molecule has 0 fully saturated rings. The number of ether oxygens (including phenoxy) is 1. The summed E-state index contributed by atoms with van der Waals surface area (Å²) in [6.07, 6.45) is 2.79. The molecule has 4 nitrogen and oxygen atoms in total. The van der Waals surface area contributed by atoms with Crippen molar-refractivity contribution in [2.75, 3.05) is 7.11 Å². The van der Waals surface area contributed by atoms with Crippen molar-refractivity contribution in [3.8, 4) is 0 Å². The summed E-state index contributed by atoms with van der Waals surface area (Å²) in [6, 6.07) is 7.93. The molecule has 1 aliphatic rings. The summed E-state index contributed by atoms with van der Waals surface area (Å²) >= 11 is 0. The zero-order chi connectivity index (χ0) is 15.0. The van der Waals surface area contributed by atoms with Crippen LogP contribution in [-0.2, 0) is 16.0 Å². The van der Waals surface area contributed by atoms with E-state index in [2.05, 4.69) is 42.4 Å². The number of esters is 1. The molecule has 1 aliphatic heterocycles. The fraction of sp³-hybridized carbons (Fsp3) is 0.353. The van der Waals surface area contributed by atoms with Gasteiger partial charge >= 0.3 is 5.97 Å². The molecule has 2 heterocycles. The van der Waals surface area contributed by atoms with Gasteiger partial charge in [0.05, 0.1) is 13.2 Å². The fourth-order valence-corrected chi connectivity index (χ4v) is 3.03. The molecule has 2 atom stereocenters. The van der Waals surface area contributed by atoms with Gasteiger partial charge in [0.1, 0.15) is 6.04 Å². The van der Waals surface area contributed by atoms with Crippen LogP contribution in [0.4, 0.5) is 0 Å². The highest BCUT2D eigenvalue weighted by atomic mass is 16.5. The first-order chi connectivity index (χ1) is 10.1. The van der Waals surface area contributed by atoms with E-state index in [-0.39, 0.29) is 18.1 Å². The first kappa shape index (κ1) is 13.9. The maximum atomic E-state index is 12.0. The number of rotatable bonds is 2. The molecule has 0 bridgehead atoms. The van der Waals surface area contributed by atoms with Crippen LogP contribution in [0.1, 0.15) is 31.1 Å². The molecule has 0 saturated carbocycles. The van der Waals surface area contributed by atoms with Gasteiger partial charge in [0.15, 0.2) is 0 Å². The quantitative estimate of drug-likeness (QED) is 0.658. The van der Waals surface area contributed by atoms with E-state index in [4.69, 9.17) is 4.74 Å². The van der Waals surface area contributed by atoms with Gasteiger partial charge in [-0.05, 0) is 25.5 Å². The third-order valence-corrected chi connectivity index (χ3v) is 3.93. The lowest BCUT2D eigenvalue weighted by Crippen LogP contribution is -2.44. The Kier molecular flexibility index (Phi) is 3.55. The molecular formula is C17H20N2O2. The summed E-state index contributed by atoms with van der Waals surface area (Å²) < 4.78 is 4.91. The number of aromatic nitrogens is 1. The van der Waals surface area contributed by atoms with Gasteiger partial charge in [0, 0.05) is 23.0 Å². The molecule has 0 amide bonds. The third kappa shape index (κ3) is 2.47. The number of allylic oxidation sites excluding steroid dienone is 1. The molecule has 3 rings (SSSR count). The van der Waals surface area contributed by atoms with Crippen molar-refractivity contribution < 1.29 is 9.53 Å². The Hall–Kier alpha value is -2.07. The topological polar surface area (TPSA) is 54.1 Å². The lowest BCUT2D eigenvalue weighted by Gasteiger charge is -2.28. The molecule has 0 unspecified atom stereocenters. The van der Waals surface area contributed by atoms with Gasteiger partial charge in [0.2, 0.25) is 0 Å². The number of fused-ring (bicyclic) bond motifs is 3. The summed E-state index contributed by atoms with van der Waals surface area (Å²) in [5.41, 5.74) is 4.68. The number of carbonyl (C=O) groups excluding carboxylic acids is 1. The molecule has 0 saturated heterocycles. The number of hydrogen-bond acceptors (Lipinski definition) is 3. The van der Waals surface area contributed by atoms with E-state index in [1.54, 1.807) is 0 Å². The minimum Gasteiger partial charge on any atom is -0.468 e. The number of para-hydroxylation sites is 1. The average molecular weight is 284 g/mol. The predicted molar refractivity (Wildman–Crippen MR) is 83.1 cm³/mol. The van der Waals surface area contributed by atoms with E-state index in [1.807, 2.05) is 12.1 Å². The van der Waals surface area contributed by atoms with Crippen LogP contribution in [0.3, 0.4) is 0 Å². The normalized spacial score (nSPS) is 20.9. The second kappa shape index (κ2) is 5.37. The van der Waals surface area contributed by atoms with Crippen LogP contribution in [0, 0.1) is 0 Å². The largest absolute Gasteiger partial charge is 0.468 e. The Bertz CT molecular complexity index is 711. The van der Waals surface area contributed by atoms with Gasteiger partial charge in [-0.15, -0.1) is 0 Å². The minimum atomic E-state index is -0.303. The van der Waals surface area contributed by atoms with Crippen LogP contribution in [0.25, 0.3) is 10.9 Å². The van der Waals surface area contributed by atoms with Crippen molar-refractivity contribution in [2.24, 2.45) is 0 Å². The molecule has 1 aromatic carbocycles. The summed E-state index contributed by atoms with van der Waals surface area (Å²) in [4.78, 5) is 15.4. The van der Waals surface area contributed by atoms with E-state index >= 15 is 0 Å². The predicted octanol–water partition coefficient (Wildman–Crippen LogP) is 2.86. The van der Waals surface area contributed by atoms with Crippen LogP contribution < -0.4 is 5.32 Å². The molecule has 4 heteroatoms. The highest BCUT2D eigenvalue weighted by molar-refractivity contribution is 5.87. The van der Waals surface area contributed by atoms with Gasteiger partial charge in [-0.1, -0.05) is 29.8 Å². The summed E-state index contributed by atoms with van der Waals surface area (Å²) in [7, 11) is 1.44. The first-order valence-corrected chi connectivity index (χ1v) is 7.18. The van der Waals surface area contributed by atoms with Crippen molar-refractivity contribution >= 4 is 16.9 Å². The Morgan fingerprint density at radius 1 is 1.33 bits per heavy atom. The molecule has 0 aliphatic carbocycles. The standard InChI is InChI=1S/C17H20N2O2/c1-10(2)8-14-16-12(9-15(18-14)17(20)21-3)11-6-4-5-7-13(11)19-16/h4-8,14-15,18-19H,9H2,1-3H3/t14-,15+/m1/s1. The zero-order valence-electron chi connectivity index (χ0n) is 12.6. The molecule has 110 valence electrons. The van der Waals surface area contributed by atoms with E-state index < -0.39 is 0 Å². The van der Waals surface area contributed by atoms with Crippen molar-refractivity contribution in [3.05, 3.63) is 47.2 Å². The third-order valence-electron chi connectivity index (χ3n) is 3.93. The Morgan fingerprint density at radius 2 is 2.10 bits per heavy atom. The number of benzene rings is 1. The van der Waals surface area contributed by atoms with Crippen LogP contribution in [0.15, 0.2) is 35.9 Å². The molecular weight excluding hydrogens is 264 g/mol. The van der Waals surface area contributed by atoms with E-state index in [0.717, 1.165) is 11.2 Å². The molecule has 21 heavy (non-hydrogen) atoms. The second-order valence-electron chi connectivity index (χ2n) is 5.73. The monoisotopic (exact) mass is 284 g/mol. The zero-order valence-corrected chi connectivity index (χ0v) is 12.6. The molecule has 1 aromatic heterocycles. The minimum absolute atomic E-state index is 0.00949. The Labute approximate surface area is 124 Å². The van der Waals surface area contributed by atoms with Crippen LogP contribution in [0.2, 0.25) is 0 Å². The van der Waals surface area contributed by atoms with Crippen molar-refractivity contribution in [1.29, 1.82) is 0 Å². The Balaban J connectivity index is 2.12. The molecule has 2 N–H and O–H groups in total. The number of H-pyrrole nitrogens is 1. The maximum Gasteiger partial charge on any atom is 0.323 e. The van der Waals surface area contributed by atoms with Crippen LogP contribution in [-0.4, -0.2) is 24.1 Å². The first-order valence-electron chi connectivity index (χ1n) is 7.18. The van der Waals surface area contributed by atoms with E-state index in [0.29, 0.717) is 6.42 Å². The van der Waals surface area contributed by atoms with Gasteiger partial charge in [-0.3, -0.25) is 10.1 Å². The summed E-state index contributed by atoms with van der Waals surface area (Å²) in [5.74, 6) is -0.210. The lowest BCUT2D eigenvalue weighted by atomic mass is 9.93. The van der Waals surface area contributed by atoms with Gasteiger partial charge in [0.25, 0.3) is 0 Å².